The molecule has 1 aromatic carbocycles. The average molecular weight is 345 g/mol. The van der Waals surface area contributed by atoms with E-state index in [-0.39, 0.29) is 24.4 Å². The zero-order valence-corrected chi connectivity index (χ0v) is 14.0. The second kappa shape index (κ2) is 7.58. The Balaban J connectivity index is 0.00000192. The Hall–Kier alpha value is -1.20. The highest BCUT2D eigenvalue weighted by Gasteiger charge is 2.38. The molecule has 6 heteroatoms. The van der Waals surface area contributed by atoms with E-state index >= 15 is 0 Å². The minimum Gasteiger partial charge on any atom is -0.348 e. The van der Waals surface area contributed by atoms with E-state index in [1.807, 2.05) is 0 Å². The Morgan fingerprint density at radius 2 is 2.04 bits per heavy atom. The molecule has 0 aromatic heterocycles. The molecule has 1 aromatic rings. The Kier molecular flexibility index (Phi) is 5.98. The van der Waals surface area contributed by atoms with Crippen LogP contribution in [0.1, 0.15) is 50.6 Å². The van der Waals surface area contributed by atoms with Crippen molar-refractivity contribution in [3.05, 3.63) is 35.4 Å². The fraction of sp³-hybridized carbons (Fsp3) is 0.588. The quantitative estimate of drug-likeness (QED) is 0.881. The second-order valence-corrected chi connectivity index (χ2v) is 6.50. The molecule has 1 aliphatic heterocycles. The predicted molar refractivity (Wildman–Crippen MR) is 87.5 cm³/mol. The first-order valence-electron chi connectivity index (χ1n) is 8.06. The van der Waals surface area contributed by atoms with Gasteiger partial charge in [-0.05, 0) is 38.2 Å². The van der Waals surface area contributed by atoms with Gasteiger partial charge in [0, 0.05) is 17.7 Å². The van der Waals surface area contributed by atoms with Crippen LogP contribution in [0.25, 0.3) is 0 Å². The lowest BCUT2D eigenvalue weighted by Gasteiger charge is -2.24. The van der Waals surface area contributed by atoms with Crippen LogP contribution in [-0.4, -0.2) is 18.0 Å². The van der Waals surface area contributed by atoms with Gasteiger partial charge in [0.2, 0.25) is 5.91 Å². The monoisotopic (exact) mass is 344 g/mol. The molecule has 4 unspecified atom stereocenters. The number of halogens is 3. The van der Waals surface area contributed by atoms with E-state index in [1.165, 1.54) is 31.4 Å². The van der Waals surface area contributed by atoms with E-state index in [9.17, 15) is 13.6 Å². The predicted octanol–water partition coefficient (Wildman–Crippen LogP) is 3.48. The van der Waals surface area contributed by atoms with Crippen LogP contribution in [0.15, 0.2) is 18.2 Å². The molecular weight excluding hydrogens is 322 g/mol. The average Bonchev–Trinajstić information content (AvgIpc) is 2.91. The van der Waals surface area contributed by atoms with Crippen LogP contribution < -0.4 is 10.6 Å². The summed E-state index contributed by atoms with van der Waals surface area (Å²) in [7, 11) is 0. The summed E-state index contributed by atoms with van der Waals surface area (Å²) < 4.78 is 26.7. The van der Waals surface area contributed by atoms with Gasteiger partial charge in [-0.1, -0.05) is 18.9 Å². The molecule has 2 aliphatic rings. The highest BCUT2D eigenvalue weighted by atomic mass is 35.5. The van der Waals surface area contributed by atoms with Gasteiger partial charge in [0.15, 0.2) is 0 Å². The van der Waals surface area contributed by atoms with Crippen molar-refractivity contribution >= 4 is 18.3 Å². The molecule has 3 nitrogen and oxygen atoms in total. The lowest BCUT2D eigenvalue weighted by Crippen LogP contribution is -2.44. The third-order valence-corrected chi connectivity index (χ3v) is 4.97. The molecule has 1 amide bonds. The maximum Gasteiger partial charge on any atom is 0.237 e. The van der Waals surface area contributed by atoms with Crippen molar-refractivity contribution < 1.29 is 13.6 Å². The smallest absolute Gasteiger partial charge is 0.237 e. The molecule has 1 aliphatic carbocycles. The number of amides is 1. The molecule has 4 atom stereocenters. The first-order valence-corrected chi connectivity index (χ1v) is 8.06. The van der Waals surface area contributed by atoms with Crippen LogP contribution in [-0.2, 0) is 4.79 Å². The molecule has 1 saturated carbocycles. The maximum absolute atomic E-state index is 13.8. The third kappa shape index (κ3) is 4.01. The molecule has 0 spiro atoms. The SMILES string of the molecule is CC(NC(=O)C1CC2CCCCC2N1)c1ccc(F)cc1F.Cl. The Morgan fingerprint density at radius 1 is 1.30 bits per heavy atom. The fourth-order valence-corrected chi connectivity index (χ4v) is 3.77. The van der Waals surface area contributed by atoms with Crippen molar-refractivity contribution in [1.82, 2.24) is 10.6 Å². The summed E-state index contributed by atoms with van der Waals surface area (Å²) in [6, 6.07) is 3.22. The lowest BCUT2D eigenvalue weighted by molar-refractivity contribution is -0.123. The second-order valence-electron chi connectivity index (χ2n) is 6.50. The summed E-state index contributed by atoms with van der Waals surface area (Å²) in [6.07, 6.45) is 5.64. The Labute approximate surface area is 141 Å². The number of carbonyl (C=O) groups excluding carboxylic acids is 1. The number of hydrogen-bond donors (Lipinski definition) is 2. The first-order chi connectivity index (χ1) is 10.5. The van der Waals surface area contributed by atoms with Gasteiger partial charge in [-0.2, -0.15) is 0 Å². The van der Waals surface area contributed by atoms with Gasteiger partial charge in [-0.25, -0.2) is 8.78 Å². The third-order valence-electron chi connectivity index (χ3n) is 4.97. The Morgan fingerprint density at radius 3 is 2.74 bits per heavy atom. The lowest BCUT2D eigenvalue weighted by atomic mass is 9.85. The van der Waals surface area contributed by atoms with E-state index < -0.39 is 17.7 Å². The standard InChI is InChI=1S/C17H22F2N2O.ClH/c1-10(13-7-6-12(18)9-14(13)19)20-17(22)16-8-11-4-2-3-5-15(11)21-16;/h6-7,9-11,15-16,21H,2-5,8H2,1H3,(H,20,22);1H. The number of benzene rings is 1. The molecule has 0 bridgehead atoms. The Bertz CT molecular complexity index is 556. The van der Waals surface area contributed by atoms with Crippen LogP contribution in [0, 0.1) is 17.6 Å². The zero-order chi connectivity index (χ0) is 15.7. The van der Waals surface area contributed by atoms with Crippen LogP contribution in [0.3, 0.4) is 0 Å². The summed E-state index contributed by atoms with van der Waals surface area (Å²) in [6.45, 7) is 1.72. The maximum atomic E-state index is 13.8. The molecule has 128 valence electrons. The van der Waals surface area contributed by atoms with Gasteiger partial charge in [0.05, 0.1) is 12.1 Å². The number of nitrogens with one attached hydrogen (secondary N) is 2. The molecule has 2 N–H and O–H groups in total. The molecule has 1 heterocycles. The number of fused-ring (bicyclic) bond motifs is 1. The van der Waals surface area contributed by atoms with E-state index in [0.717, 1.165) is 18.9 Å². The first kappa shape index (κ1) is 18.1. The summed E-state index contributed by atoms with van der Waals surface area (Å²) in [5.74, 6) is -0.741. The topological polar surface area (TPSA) is 41.1 Å². The molecule has 1 saturated heterocycles. The van der Waals surface area contributed by atoms with Crippen LogP contribution in [0.2, 0.25) is 0 Å². The highest BCUT2D eigenvalue weighted by Crippen LogP contribution is 2.33. The fourth-order valence-electron chi connectivity index (χ4n) is 3.77. The number of hydrogen-bond acceptors (Lipinski definition) is 2. The van der Waals surface area contributed by atoms with Crippen molar-refractivity contribution in [1.29, 1.82) is 0 Å². The summed E-state index contributed by atoms with van der Waals surface area (Å²) in [5.41, 5.74) is 0.310. The highest BCUT2D eigenvalue weighted by molar-refractivity contribution is 5.85. The van der Waals surface area contributed by atoms with Gasteiger partial charge in [-0.15, -0.1) is 12.4 Å². The minimum atomic E-state index is -0.624. The van der Waals surface area contributed by atoms with Crippen molar-refractivity contribution in [2.24, 2.45) is 5.92 Å². The van der Waals surface area contributed by atoms with Gasteiger partial charge < -0.3 is 10.6 Å². The van der Waals surface area contributed by atoms with Crippen LogP contribution >= 0.6 is 12.4 Å². The van der Waals surface area contributed by atoms with Crippen molar-refractivity contribution in [3.8, 4) is 0 Å². The van der Waals surface area contributed by atoms with Crippen molar-refractivity contribution in [2.45, 2.75) is 57.2 Å². The molecular formula is C17H23ClF2N2O. The number of rotatable bonds is 3. The summed E-state index contributed by atoms with van der Waals surface area (Å²) >= 11 is 0. The molecule has 2 fully saturated rings. The van der Waals surface area contributed by atoms with E-state index in [1.54, 1.807) is 6.92 Å². The zero-order valence-electron chi connectivity index (χ0n) is 13.1. The molecule has 0 radical (unpaired) electrons. The van der Waals surface area contributed by atoms with Gasteiger partial charge in [0.1, 0.15) is 11.6 Å². The van der Waals surface area contributed by atoms with Gasteiger partial charge in [-0.3, -0.25) is 4.79 Å². The number of carbonyl (C=O) groups is 1. The summed E-state index contributed by atoms with van der Waals surface area (Å²) in [5, 5.41) is 6.25. The van der Waals surface area contributed by atoms with E-state index in [0.29, 0.717) is 17.5 Å². The van der Waals surface area contributed by atoms with Gasteiger partial charge >= 0.3 is 0 Å². The largest absolute Gasteiger partial charge is 0.348 e. The van der Waals surface area contributed by atoms with Crippen molar-refractivity contribution in [2.75, 3.05) is 0 Å². The van der Waals surface area contributed by atoms with Crippen LogP contribution in [0.5, 0.6) is 0 Å². The summed E-state index contributed by atoms with van der Waals surface area (Å²) in [4.78, 5) is 12.4. The van der Waals surface area contributed by atoms with Crippen molar-refractivity contribution in [3.63, 3.8) is 0 Å². The van der Waals surface area contributed by atoms with E-state index in [4.69, 9.17) is 0 Å². The van der Waals surface area contributed by atoms with E-state index in [2.05, 4.69) is 10.6 Å². The molecule has 3 rings (SSSR count). The van der Waals surface area contributed by atoms with Crippen LogP contribution in [0.4, 0.5) is 8.78 Å². The van der Waals surface area contributed by atoms with Gasteiger partial charge in [0.25, 0.3) is 0 Å². The normalized spacial score (nSPS) is 27.7. The minimum absolute atomic E-state index is 0. The molecule has 23 heavy (non-hydrogen) atoms.